The van der Waals surface area contributed by atoms with E-state index in [9.17, 15) is 4.79 Å². The van der Waals surface area contributed by atoms with Crippen molar-refractivity contribution in [2.45, 2.75) is 31.5 Å². The second-order valence-electron chi connectivity index (χ2n) is 4.63. The molecule has 1 aliphatic carbocycles. The molecule has 1 saturated carbocycles. The Balaban J connectivity index is 2.00. The van der Waals surface area contributed by atoms with Crippen LogP contribution in [0.1, 0.15) is 19.8 Å². The number of ether oxygens (including phenoxy) is 2. The summed E-state index contributed by atoms with van der Waals surface area (Å²) in [6, 6.07) is 0. The molecule has 0 N–H and O–H groups in total. The monoisotopic (exact) mass is 182 g/mol. The highest BCUT2D eigenvalue weighted by molar-refractivity contribution is 5.81. The molecule has 0 radical (unpaired) electrons. The minimum Gasteiger partial charge on any atom is -0.374 e. The van der Waals surface area contributed by atoms with Crippen LogP contribution in [0.15, 0.2) is 0 Å². The summed E-state index contributed by atoms with van der Waals surface area (Å²) in [5.74, 6) is 1.24. The summed E-state index contributed by atoms with van der Waals surface area (Å²) < 4.78 is 11.5. The van der Waals surface area contributed by atoms with Gasteiger partial charge in [0.1, 0.15) is 5.78 Å². The molecule has 0 spiro atoms. The second kappa shape index (κ2) is 2.34. The number of hydrogen-bond acceptors (Lipinski definition) is 3. The molecule has 2 aliphatic heterocycles. The molecule has 3 heteroatoms. The SMILES string of the molecule is C[C@]12OC[C@@H]3CO[C@H]1CC(=O)C[C@@H]32. The molecule has 0 aromatic carbocycles. The van der Waals surface area contributed by atoms with Crippen LogP contribution in [0.3, 0.4) is 0 Å². The first-order valence-corrected chi connectivity index (χ1v) is 4.97. The molecule has 2 saturated heterocycles. The van der Waals surface area contributed by atoms with E-state index in [0.717, 1.165) is 13.2 Å². The Morgan fingerprint density at radius 3 is 3.08 bits per heavy atom. The van der Waals surface area contributed by atoms with Gasteiger partial charge in [-0.25, -0.2) is 0 Å². The van der Waals surface area contributed by atoms with Gasteiger partial charge in [-0.3, -0.25) is 4.79 Å². The first-order valence-electron chi connectivity index (χ1n) is 4.97. The lowest BCUT2D eigenvalue weighted by Crippen LogP contribution is -2.55. The molecule has 0 aromatic rings. The molecule has 0 unspecified atom stereocenters. The molecule has 72 valence electrons. The number of carbonyl (C=O) groups is 1. The molecule has 13 heavy (non-hydrogen) atoms. The predicted molar refractivity (Wildman–Crippen MR) is 45.3 cm³/mol. The third kappa shape index (κ3) is 0.891. The number of Topliss-reactive ketones (excluding diaryl/α,β-unsaturated/α-hetero) is 1. The normalized spacial score (nSPS) is 53.9. The van der Waals surface area contributed by atoms with Crippen molar-refractivity contribution in [2.75, 3.05) is 13.2 Å². The van der Waals surface area contributed by atoms with Gasteiger partial charge in [0.25, 0.3) is 0 Å². The molecular formula is C10H14O3. The van der Waals surface area contributed by atoms with Gasteiger partial charge in [0, 0.05) is 24.7 Å². The summed E-state index contributed by atoms with van der Waals surface area (Å²) in [6.45, 7) is 3.68. The Kier molecular flexibility index (Phi) is 1.43. The van der Waals surface area contributed by atoms with Crippen LogP contribution < -0.4 is 0 Å². The summed E-state index contributed by atoms with van der Waals surface area (Å²) >= 11 is 0. The van der Waals surface area contributed by atoms with Crippen LogP contribution in [-0.4, -0.2) is 30.7 Å². The second-order valence-corrected chi connectivity index (χ2v) is 4.63. The molecule has 2 heterocycles. The highest BCUT2D eigenvalue weighted by Gasteiger charge is 2.58. The van der Waals surface area contributed by atoms with Crippen molar-refractivity contribution >= 4 is 5.78 Å². The first-order chi connectivity index (χ1) is 6.20. The summed E-state index contributed by atoms with van der Waals surface area (Å²) in [5.41, 5.74) is -0.156. The molecule has 4 bridgehead atoms. The van der Waals surface area contributed by atoms with Crippen molar-refractivity contribution in [3.63, 3.8) is 0 Å². The minimum absolute atomic E-state index is 0.0255. The van der Waals surface area contributed by atoms with E-state index >= 15 is 0 Å². The quantitative estimate of drug-likeness (QED) is 0.555. The van der Waals surface area contributed by atoms with E-state index in [2.05, 4.69) is 6.92 Å². The molecule has 3 nitrogen and oxygen atoms in total. The maximum absolute atomic E-state index is 11.4. The predicted octanol–water partition coefficient (Wildman–Crippen LogP) is 0.769. The Labute approximate surface area is 77.4 Å². The molecule has 0 aromatic heterocycles. The summed E-state index contributed by atoms with van der Waals surface area (Å²) in [4.78, 5) is 11.4. The zero-order valence-electron chi connectivity index (χ0n) is 7.79. The van der Waals surface area contributed by atoms with Crippen molar-refractivity contribution in [1.82, 2.24) is 0 Å². The fourth-order valence-corrected chi connectivity index (χ4v) is 3.05. The molecule has 3 fully saturated rings. The van der Waals surface area contributed by atoms with E-state index in [1.54, 1.807) is 0 Å². The Morgan fingerprint density at radius 1 is 1.38 bits per heavy atom. The largest absolute Gasteiger partial charge is 0.374 e. The number of hydrogen-bond donors (Lipinski definition) is 0. The average Bonchev–Trinajstić information content (AvgIpc) is 2.27. The molecule has 3 aliphatic rings. The van der Waals surface area contributed by atoms with E-state index in [4.69, 9.17) is 9.47 Å². The number of rotatable bonds is 0. The molecular weight excluding hydrogens is 168 g/mol. The summed E-state index contributed by atoms with van der Waals surface area (Å²) in [5, 5.41) is 0. The van der Waals surface area contributed by atoms with Gasteiger partial charge in [-0.15, -0.1) is 0 Å². The topological polar surface area (TPSA) is 35.5 Å². The zero-order valence-corrected chi connectivity index (χ0v) is 7.79. The van der Waals surface area contributed by atoms with Crippen molar-refractivity contribution in [3.05, 3.63) is 0 Å². The van der Waals surface area contributed by atoms with Crippen molar-refractivity contribution in [2.24, 2.45) is 11.8 Å². The van der Waals surface area contributed by atoms with Gasteiger partial charge >= 0.3 is 0 Å². The minimum atomic E-state index is -0.156. The van der Waals surface area contributed by atoms with Crippen molar-refractivity contribution in [3.8, 4) is 0 Å². The highest BCUT2D eigenvalue weighted by atomic mass is 16.6. The number of carbonyl (C=O) groups excluding carboxylic acids is 1. The lowest BCUT2D eigenvalue weighted by atomic mass is 9.69. The standard InChI is InChI=1S/C10H14O3/c1-10-8-2-7(11)3-9(10)12-4-6(8)5-13-10/h6,8-9H,2-5H2,1H3/t6-,8-,9-,10+/m0/s1. The fraction of sp³-hybridized carbons (Fsp3) is 0.900. The third-order valence-electron chi connectivity index (χ3n) is 3.93. The van der Waals surface area contributed by atoms with Gasteiger partial charge in [-0.1, -0.05) is 0 Å². The van der Waals surface area contributed by atoms with Gasteiger partial charge in [0.05, 0.1) is 24.9 Å². The lowest BCUT2D eigenvalue weighted by Gasteiger charge is -2.45. The maximum atomic E-state index is 11.4. The lowest BCUT2D eigenvalue weighted by molar-refractivity contribution is -0.172. The van der Waals surface area contributed by atoms with E-state index in [1.165, 1.54) is 0 Å². The Morgan fingerprint density at radius 2 is 2.23 bits per heavy atom. The first kappa shape index (κ1) is 7.94. The van der Waals surface area contributed by atoms with Crippen molar-refractivity contribution < 1.29 is 14.3 Å². The zero-order chi connectivity index (χ0) is 9.05. The Hall–Kier alpha value is -0.410. The van der Waals surface area contributed by atoms with E-state index in [1.807, 2.05) is 0 Å². The Bertz CT molecular complexity index is 261. The maximum Gasteiger partial charge on any atom is 0.136 e. The third-order valence-corrected chi connectivity index (χ3v) is 3.93. The van der Waals surface area contributed by atoms with Crippen LogP contribution in [0.5, 0.6) is 0 Å². The van der Waals surface area contributed by atoms with E-state index in [-0.39, 0.29) is 11.7 Å². The van der Waals surface area contributed by atoms with Gasteiger partial charge in [-0.2, -0.15) is 0 Å². The molecule has 3 rings (SSSR count). The van der Waals surface area contributed by atoms with E-state index < -0.39 is 0 Å². The summed E-state index contributed by atoms with van der Waals surface area (Å²) in [7, 11) is 0. The van der Waals surface area contributed by atoms with Gasteiger partial charge in [0.15, 0.2) is 0 Å². The molecule has 4 atom stereocenters. The highest BCUT2D eigenvalue weighted by Crippen LogP contribution is 2.49. The van der Waals surface area contributed by atoms with Crippen LogP contribution in [0, 0.1) is 11.8 Å². The van der Waals surface area contributed by atoms with E-state index in [0.29, 0.717) is 30.5 Å². The van der Waals surface area contributed by atoms with Crippen LogP contribution in [0.2, 0.25) is 0 Å². The number of ketones is 1. The van der Waals surface area contributed by atoms with Crippen LogP contribution in [0.25, 0.3) is 0 Å². The summed E-state index contributed by atoms with van der Waals surface area (Å²) in [6.07, 6.45) is 1.29. The average molecular weight is 182 g/mol. The van der Waals surface area contributed by atoms with Crippen LogP contribution in [-0.2, 0) is 14.3 Å². The smallest absolute Gasteiger partial charge is 0.136 e. The van der Waals surface area contributed by atoms with Crippen LogP contribution in [0.4, 0.5) is 0 Å². The van der Waals surface area contributed by atoms with Gasteiger partial charge < -0.3 is 9.47 Å². The van der Waals surface area contributed by atoms with Gasteiger partial charge in [-0.05, 0) is 6.92 Å². The van der Waals surface area contributed by atoms with Crippen LogP contribution >= 0.6 is 0 Å². The van der Waals surface area contributed by atoms with Gasteiger partial charge in [0.2, 0.25) is 0 Å². The van der Waals surface area contributed by atoms with Crippen molar-refractivity contribution in [1.29, 1.82) is 0 Å². The fourth-order valence-electron chi connectivity index (χ4n) is 3.05. The molecule has 0 amide bonds.